The van der Waals surface area contributed by atoms with Crippen LogP contribution < -0.4 is 10.1 Å². The Hall–Kier alpha value is -2.96. The molecule has 0 aliphatic heterocycles. The molecule has 2 heterocycles. The summed E-state index contributed by atoms with van der Waals surface area (Å²) in [6.07, 6.45) is 1.89. The third-order valence-electron chi connectivity index (χ3n) is 3.57. The zero-order valence-electron chi connectivity index (χ0n) is 13.3. The molecular formula is C16H18N6O. The molecule has 3 rings (SSSR count). The maximum absolute atomic E-state index is 7.27. The summed E-state index contributed by atoms with van der Waals surface area (Å²) in [7, 11) is 1.60. The second-order valence-corrected chi connectivity index (χ2v) is 5.06. The summed E-state index contributed by atoms with van der Waals surface area (Å²) in [5.74, 6) is 1.19. The number of ether oxygens (including phenoxy) is 1. The molecular weight excluding hydrogens is 292 g/mol. The van der Waals surface area contributed by atoms with Crippen molar-refractivity contribution in [3.8, 4) is 17.0 Å². The maximum Gasteiger partial charge on any atom is 0.242 e. The van der Waals surface area contributed by atoms with Gasteiger partial charge in [-0.2, -0.15) is 15.2 Å². The fourth-order valence-electron chi connectivity index (χ4n) is 2.61. The summed E-state index contributed by atoms with van der Waals surface area (Å²) in [5.41, 5.74) is 11.5. The first-order chi connectivity index (χ1) is 11.2. The minimum atomic E-state index is 0.539. The zero-order chi connectivity index (χ0) is 16.4. The van der Waals surface area contributed by atoms with Crippen molar-refractivity contribution < 1.29 is 4.74 Å². The van der Waals surface area contributed by atoms with Crippen LogP contribution >= 0.6 is 0 Å². The van der Waals surface area contributed by atoms with Crippen molar-refractivity contribution in [2.75, 3.05) is 19.0 Å². The van der Waals surface area contributed by atoms with Crippen molar-refractivity contribution in [2.45, 2.75) is 13.8 Å². The Labute approximate surface area is 133 Å². The Morgan fingerprint density at radius 2 is 2.17 bits per heavy atom. The molecule has 0 unspecified atom stereocenters. The molecule has 0 aliphatic rings. The van der Waals surface area contributed by atoms with Crippen LogP contribution in [-0.4, -0.2) is 28.3 Å². The molecule has 0 amide bonds. The second-order valence-electron chi connectivity index (χ2n) is 5.06. The molecule has 0 saturated carbocycles. The van der Waals surface area contributed by atoms with Gasteiger partial charge in [-0.25, -0.2) is 10.0 Å². The van der Waals surface area contributed by atoms with E-state index in [1.54, 1.807) is 11.6 Å². The quantitative estimate of drug-likeness (QED) is 0.701. The topological polar surface area (TPSA) is 87.7 Å². The fourth-order valence-corrected chi connectivity index (χ4v) is 2.61. The Kier molecular flexibility index (Phi) is 3.92. The maximum atomic E-state index is 7.27. The van der Waals surface area contributed by atoms with E-state index in [4.69, 9.17) is 10.3 Å². The summed E-state index contributed by atoms with van der Waals surface area (Å²) in [4.78, 5) is 4.35. The van der Waals surface area contributed by atoms with E-state index in [1.807, 2.05) is 44.3 Å². The van der Waals surface area contributed by atoms with Crippen molar-refractivity contribution in [3.05, 3.63) is 36.3 Å². The highest BCUT2D eigenvalue weighted by atomic mass is 16.5. The number of aryl methyl sites for hydroxylation is 1. The minimum Gasteiger partial charge on any atom is -0.479 e. The van der Waals surface area contributed by atoms with Gasteiger partial charge in [0.1, 0.15) is 17.0 Å². The predicted octanol–water partition coefficient (Wildman–Crippen LogP) is 3.81. The van der Waals surface area contributed by atoms with Crippen LogP contribution in [0.1, 0.15) is 12.7 Å². The summed E-state index contributed by atoms with van der Waals surface area (Å²) < 4.78 is 7.19. The highest BCUT2D eigenvalue weighted by Crippen LogP contribution is 2.35. The van der Waals surface area contributed by atoms with E-state index in [0.29, 0.717) is 17.4 Å². The average molecular weight is 310 g/mol. The molecule has 0 aliphatic carbocycles. The molecule has 1 aromatic carbocycles. The molecule has 0 bridgehead atoms. The van der Waals surface area contributed by atoms with Gasteiger partial charge in [-0.05, 0) is 37.6 Å². The van der Waals surface area contributed by atoms with E-state index in [-0.39, 0.29) is 0 Å². The summed E-state index contributed by atoms with van der Waals surface area (Å²) >= 11 is 0. The number of rotatable bonds is 5. The lowest BCUT2D eigenvalue weighted by Crippen LogP contribution is -2.01. The largest absolute Gasteiger partial charge is 0.479 e. The van der Waals surface area contributed by atoms with Crippen LogP contribution in [-0.2, 0) is 0 Å². The number of fused-ring (bicyclic) bond motifs is 1. The monoisotopic (exact) mass is 310 g/mol. The molecule has 7 nitrogen and oxygen atoms in total. The Morgan fingerprint density at radius 1 is 1.35 bits per heavy atom. The van der Waals surface area contributed by atoms with Crippen LogP contribution in [0.3, 0.4) is 0 Å². The van der Waals surface area contributed by atoms with Crippen LogP contribution in [0.15, 0.2) is 35.6 Å². The van der Waals surface area contributed by atoms with Crippen LogP contribution in [0.2, 0.25) is 0 Å². The lowest BCUT2D eigenvalue weighted by molar-refractivity contribution is 0.397. The molecule has 0 radical (unpaired) electrons. The number of nitrogens with zero attached hydrogens (tertiary/aromatic N) is 4. The number of hydrogen-bond acceptors (Lipinski definition) is 6. The number of benzene rings is 1. The predicted molar refractivity (Wildman–Crippen MR) is 88.7 cm³/mol. The van der Waals surface area contributed by atoms with Crippen molar-refractivity contribution >= 4 is 16.9 Å². The molecule has 3 aromatic rings. The van der Waals surface area contributed by atoms with E-state index in [2.05, 4.69) is 20.5 Å². The molecule has 118 valence electrons. The Balaban J connectivity index is 2.21. The normalized spacial score (nSPS) is 10.7. The van der Waals surface area contributed by atoms with Gasteiger partial charge in [0.2, 0.25) is 5.88 Å². The molecule has 0 fully saturated rings. The van der Waals surface area contributed by atoms with Crippen molar-refractivity contribution in [3.63, 3.8) is 0 Å². The second kappa shape index (κ2) is 6.04. The van der Waals surface area contributed by atoms with E-state index in [0.717, 1.165) is 28.9 Å². The van der Waals surface area contributed by atoms with Crippen molar-refractivity contribution in [1.82, 2.24) is 14.6 Å². The van der Waals surface area contributed by atoms with E-state index in [9.17, 15) is 0 Å². The van der Waals surface area contributed by atoms with Gasteiger partial charge in [-0.1, -0.05) is 6.07 Å². The Bertz CT molecular complexity index is 870. The van der Waals surface area contributed by atoms with Crippen LogP contribution in [0.5, 0.6) is 5.88 Å². The number of hydrogen-bond donors (Lipinski definition) is 2. The van der Waals surface area contributed by atoms with Gasteiger partial charge in [-0.15, -0.1) is 0 Å². The first kappa shape index (κ1) is 15.0. The molecule has 0 spiro atoms. The van der Waals surface area contributed by atoms with E-state index < -0.39 is 0 Å². The molecule has 7 heteroatoms. The Morgan fingerprint density at radius 3 is 2.87 bits per heavy atom. The average Bonchev–Trinajstić information content (AvgIpc) is 2.98. The van der Waals surface area contributed by atoms with Crippen LogP contribution in [0.25, 0.3) is 16.6 Å². The third kappa shape index (κ3) is 2.61. The lowest BCUT2D eigenvalue weighted by Gasteiger charge is -2.10. The zero-order valence-corrected chi connectivity index (χ0v) is 13.3. The van der Waals surface area contributed by atoms with Gasteiger partial charge in [0.15, 0.2) is 0 Å². The number of nitrogens with one attached hydrogen (secondary N) is 2. The van der Waals surface area contributed by atoms with Crippen LogP contribution in [0.4, 0.5) is 11.4 Å². The third-order valence-corrected chi connectivity index (χ3v) is 3.57. The van der Waals surface area contributed by atoms with Crippen molar-refractivity contribution in [2.24, 2.45) is 5.11 Å². The molecule has 0 saturated heterocycles. The molecule has 2 aromatic heterocycles. The van der Waals surface area contributed by atoms with E-state index in [1.165, 1.54) is 0 Å². The highest BCUT2D eigenvalue weighted by Gasteiger charge is 2.14. The summed E-state index contributed by atoms with van der Waals surface area (Å²) in [6.45, 7) is 4.59. The van der Waals surface area contributed by atoms with Gasteiger partial charge in [0.05, 0.1) is 12.8 Å². The van der Waals surface area contributed by atoms with Gasteiger partial charge in [-0.3, -0.25) is 0 Å². The minimum absolute atomic E-state index is 0.539. The SMILES string of the molecule is CCNc1cc(-c2ccn3nc(C)nc(OC)c23)ccc1N=N. The summed E-state index contributed by atoms with van der Waals surface area (Å²) in [6, 6.07) is 7.72. The highest BCUT2D eigenvalue weighted by molar-refractivity contribution is 5.87. The first-order valence-electron chi connectivity index (χ1n) is 7.33. The first-order valence-corrected chi connectivity index (χ1v) is 7.33. The van der Waals surface area contributed by atoms with Crippen LogP contribution in [0, 0.1) is 12.5 Å². The molecule has 23 heavy (non-hydrogen) atoms. The summed E-state index contributed by atoms with van der Waals surface area (Å²) in [5, 5.41) is 11.2. The smallest absolute Gasteiger partial charge is 0.242 e. The van der Waals surface area contributed by atoms with Gasteiger partial charge >= 0.3 is 0 Å². The molecule has 0 atom stereocenters. The number of aromatic nitrogens is 3. The lowest BCUT2D eigenvalue weighted by atomic mass is 10.1. The van der Waals surface area contributed by atoms with Gasteiger partial charge in [0, 0.05) is 18.3 Å². The van der Waals surface area contributed by atoms with E-state index >= 15 is 0 Å². The fraction of sp³-hybridized carbons (Fsp3) is 0.250. The number of anilines is 1. The molecule has 2 N–H and O–H groups in total. The standard InChI is InChI=1S/C16H18N6O/c1-4-18-14-9-11(5-6-13(14)20-17)12-7-8-22-15(12)16(23-3)19-10(2)21-22/h5-9,17-18H,4H2,1-3H3. The number of methoxy groups -OCH3 is 1. The van der Waals surface area contributed by atoms with Crippen molar-refractivity contribution in [1.29, 1.82) is 5.53 Å². The van der Waals surface area contributed by atoms with Gasteiger partial charge in [0.25, 0.3) is 0 Å². The van der Waals surface area contributed by atoms with Gasteiger partial charge < -0.3 is 10.1 Å².